The van der Waals surface area contributed by atoms with Crippen LogP contribution in [0.25, 0.3) is 10.4 Å². The molecule has 39 heavy (non-hydrogen) atoms. The van der Waals surface area contributed by atoms with Gasteiger partial charge >= 0.3 is 5.97 Å². The molecule has 0 atom stereocenters. The number of carboxylic acid groups (broad SMARTS) is 1. The van der Waals surface area contributed by atoms with Crippen LogP contribution in [-0.4, -0.2) is 42.0 Å². The number of amides is 1. The van der Waals surface area contributed by atoms with Crippen molar-refractivity contribution in [3.8, 4) is 10.4 Å². The molecular formula is C28H38ClN3O5S2. The van der Waals surface area contributed by atoms with Crippen molar-refractivity contribution in [3.05, 3.63) is 33.4 Å². The Morgan fingerprint density at radius 3 is 2.46 bits per heavy atom. The number of nitrogens with zero attached hydrogens (tertiary/aromatic N) is 1. The zero-order chi connectivity index (χ0) is 28.5. The van der Waals surface area contributed by atoms with E-state index in [0.717, 1.165) is 29.8 Å². The minimum atomic E-state index is -3.80. The fourth-order valence-electron chi connectivity index (χ4n) is 5.27. The van der Waals surface area contributed by atoms with Crippen molar-refractivity contribution >= 4 is 44.8 Å². The maximum atomic E-state index is 13.2. The van der Waals surface area contributed by atoms with Gasteiger partial charge in [-0.05, 0) is 64.0 Å². The summed E-state index contributed by atoms with van der Waals surface area (Å²) in [4.78, 5) is 29.9. The molecule has 214 valence electrons. The van der Waals surface area contributed by atoms with Crippen LogP contribution in [-0.2, 0) is 21.2 Å². The summed E-state index contributed by atoms with van der Waals surface area (Å²) in [6.07, 6.45) is 8.00. The van der Waals surface area contributed by atoms with Gasteiger partial charge in [0.05, 0.1) is 26.4 Å². The molecule has 1 aromatic heterocycles. The van der Waals surface area contributed by atoms with Gasteiger partial charge in [0.15, 0.2) is 5.01 Å². The van der Waals surface area contributed by atoms with Gasteiger partial charge in [0.2, 0.25) is 10.0 Å². The summed E-state index contributed by atoms with van der Waals surface area (Å²) in [5.74, 6) is -1.10. The van der Waals surface area contributed by atoms with Crippen molar-refractivity contribution in [1.82, 2.24) is 15.0 Å². The van der Waals surface area contributed by atoms with E-state index in [1.54, 1.807) is 19.1 Å². The minimum absolute atomic E-state index is 0.132. The number of carbonyl (C=O) groups is 2. The highest BCUT2D eigenvalue weighted by molar-refractivity contribution is 7.89. The van der Waals surface area contributed by atoms with E-state index in [0.29, 0.717) is 46.3 Å². The van der Waals surface area contributed by atoms with E-state index in [1.807, 2.05) is 20.8 Å². The SMILES string of the molecule is CCC(C)(C)NS(=O)(=O)c1ccc(-c2sc(C(=O)N[C@H]3C[C@H](C(=O)O)C3)nc2CC2CCCCC2)c(Cl)c1C. The fraction of sp³-hybridized carbons (Fsp3) is 0.607. The molecule has 0 saturated heterocycles. The van der Waals surface area contributed by atoms with Gasteiger partial charge in [0.1, 0.15) is 0 Å². The number of aromatic nitrogens is 1. The van der Waals surface area contributed by atoms with Crippen molar-refractivity contribution in [2.75, 3.05) is 0 Å². The summed E-state index contributed by atoms with van der Waals surface area (Å²) in [7, 11) is -3.80. The molecule has 0 bridgehead atoms. The van der Waals surface area contributed by atoms with Gasteiger partial charge in [-0.2, -0.15) is 0 Å². The number of hydrogen-bond donors (Lipinski definition) is 3. The molecule has 2 saturated carbocycles. The molecule has 0 spiro atoms. The second-order valence-corrected chi connectivity index (χ2v) is 14.6. The topological polar surface area (TPSA) is 125 Å². The monoisotopic (exact) mass is 595 g/mol. The fourth-order valence-corrected chi connectivity index (χ4v) is 8.40. The molecule has 1 amide bonds. The highest BCUT2D eigenvalue weighted by atomic mass is 35.5. The quantitative estimate of drug-likeness (QED) is 0.311. The van der Waals surface area contributed by atoms with Gasteiger partial charge in [-0.3, -0.25) is 9.59 Å². The third-order valence-corrected chi connectivity index (χ3v) is 11.5. The number of aliphatic carboxylic acids is 1. The van der Waals surface area contributed by atoms with Crippen molar-refractivity contribution in [3.63, 3.8) is 0 Å². The number of benzene rings is 1. The second kappa shape index (κ2) is 11.8. The predicted octanol–water partition coefficient (Wildman–Crippen LogP) is 5.95. The molecular weight excluding hydrogens is 558 g/mol. The average molecular weight is 596 g/mol. The third kappa shape index (κ3) is 6.84. The molecule has 1 heterocycles. The molecule has 3 N–H and O–H groups in total. The van der Waals surface area contributed by atoms with E-state index in [1.165, 1.54) is 30.6 Å². The van der Waals surface area contributed by atoms with Crippen LogP contribution < -0.4 is 10.0 Å². The molecule has 2 aliphatic rings. The van der Waals surface area contributed by atoms with E-state index >= 15 is 0 Å². The number of carboxylic acids is 1. The minimum Gasteiger partial charge on any atom is -0.481 e. The first kappa shape index (κ1) is 30.0. The zero-order valence-corrected chi connectivity index (χ0v) is 25.4. The van der Waals surface area contributed by atoms with Crippen LogP contribution in [0.5, 0.6) is 0 Å². The molecule has 4 rings (SSSR count). The van der Waals surface area contributed by atoms with Crippen molar-refractivity contribution in [1.29, 1.82) is 0 Å². The highest BCUT2D eigenvalue weighted by Gasteiger charge is 2.36. The van der Waals surface area contributed by atoms with Crippen LogP contribution in [0.1, 0.15) is 93.2 Å². The summed E-state index contributed by atoms with van der Waals surface area (Å²) in [6.45, 7) is 7.29. The third-order valence-electron chi connectivity index (χ3n) is 8.09. The standard InChI is InChI=1S/C28H38ClN3O5S2/c1-5-28(3,4)32-39(36,37)22-12-11-20(23(29)16(22)2)24-21(13-17-9-7-6-8-10-17)31-26(38-24)25(33)30-19-14-18(15-19)27(34)35/h11-12,17-19,32H,5-10,13-15H2,1-4H3,(H,30,33)(H,34,35)/t18-,19-. The number of rotatable bonds is 10. The van der Waals surface area contributed by atoms with Gasteiger partial charge in [0, 0.05) is 17.1 Å². The first-order valence-corrected chi connectivity index (χ1v) is 16.4. The van der Waals surface area contributed by atoms with Crippen LogP contribution in [0.3, 0.4) is 0 Å². The largest absolute Gasteiger partial charge is 0.481 e. The smallest absolute Gasteiger partial charge is 0.306 e. The number of halogens is 1. The van der Waals surface area contributed by atoms with Gasteiger partial charge < -0.3 is 10.4 Å². The van der Waals surface area contributed by atoms with E-state index in [-0.39, 0.29) is 16.8 Å². The van der Waals surface area contributed by atoms with Gasteiger partial charge in [0.25, 0.3) is 5.91 Å². The number of nitrogens with one attached hydrogen (secondary N) is 2. The van der Waals surface area contributed by atoms with Crippen LogP contribution in [0, 0.1) is 18.8 Å². The van der Waals surface area contributed by atoms with Crippen molar-refractivity contribution in [2.24, 2.45) is 11.8 Å². The van der Waals surface area contributed by atoms with E-state index < -0.39 is 27.4 Å². The molecule has 0 aliphatic heterocycles. The van der Waals surface area contributed by atoms with Crippen molar-refractivity contribution < 1.29 is 23.1 Å². The highest BCUT2D eigenvalue weighted by Crippen LogP contribution is 2.41. The van der Waals surface area contributed by atoms with Gasteiger partial charge in [-0.1, -0.05) is 56.7 Å². The zero-order valence-electron chi connectivity index (χ0n) is 23.0. The van der Waals surface area contributed by atoms with E-state index in [2.05, 4.69) is 10.0 Å². The van der Waals surface area contributed by atoms with E-state index in [9.17, 15) is 18.0 Å². The Hall–Kier alpha value is -2.01. The first-order valence-electron chi connectivity index (χ1n) is 13.7. The van der Waals surface area contributed by atoms with Crippen LogP contribution in [0.2, 0.25) is 5.02 Å². The van der Waals surface area contributed by atoms with Gasteiger partial charge in [-0.25, -0.2) is 18.1 Å². The Labute approximate surface area is 240 Å². The Balaban J connectivity index is 1.66. The van der Waals surface area contributed by atoms with Crippen LogP contribution in [0.15, 0.2) is 17.0 Å². The number of carbonyl (C=O) groups excluding carboxylic acids is 1. The number of thiazole rings is 1. The second-order valence-electron chi connectivity index (χ2n) is 11.6. The summed E-state index contributed by atoms with van der Waals surface area (Å²) in [6, 6.07) is 3.11. The maximum Gasteiger partial charge on any atom is 0.306 e. The first-order chi connectivity index (χ1) is 18.3. The predicted molar refractivity (Wildman–Crippen MR) is 154 cm³/mol. The Morgan fingerprint density at radius 2 is 1.85 bits per heavy atom. The Kier molecular flexibility index (Phi) is 9.10. The Morgan fingerprint density at radius 1 is 1.18 bits per heavy atom. The molecule has 2 aliphatic carbocycles. The lowest BCUT2D eigenvalue weighted by Crippen LogP contribution is -2.46. The molecule has 1 aromatic carbocycles. The van der Waals surface area contributed by atoms with E-state index in [4.69, 9.17) is 21.7 Å². The lowest BCUT2D eigenvalue weighted by Gasteiger charge is -2.32. The molecule has 2 fully saturated rings. The van der Waals surface area contributed by atoms with Crippen molar-refractivity contribution in [2.45, 2.75) is 102 Å². The summed E-state index contributed by atoms with van der Waals surface area (Å²) < 4.78 is 29.1. The normalized spacial score (nSPS) is 20.4. The number of hydrogen-bond acceptors (Lipinski definition) is 6. The number of sulfonamides is 1. The lowest BCUT2D eigenvalue weighted by molar-refractivity contribution is -0.145. The summed E-state index contributed by atoms with van der Waals surface area (Å²) in [5.41, 5.74) is 1.32. The lowest BCUT2D eigenvalue weighted by atomic mass is 9.80. The van der Waals surface area contributed by atoms with Crippen LogP contribution in [0.4, 0.5) is 0 Å². The molecule has 0 unspecified atom stereocenters. The average Bonchev–Trinajstić information content (AvgIpc) is 3.25. The summed E-state index contributed by atoms with van der Waals surface area (Å²) >= 11 is 8.09. The molecule has 0 radical (unpaired) electrons. The maximum absolute atomic E-state index is 13.2. The van der Waals surface area contributed by atoms with Crippen LogP contribution >= 0.6 is 22.9 Å². The van der Waals surface area contributed by atoms with Gasteiger partial charge in [-0.15, -0.1) is 11.3 Å². The summed E-state index contributed by atoms with van der Waals surface area (Å²) in [5, 5.41) is 12.7. The molecule has 2 aromatic rings. The molecule has 8 nitrogen and oxygen atoms in total. The Bertz CT molecular complexity index is 1340. The molecule has 11 heteroatoms.